The van der Waals surface area contributed by atoms with Gasteiger partial charge in [-0.05, 0) is 30.4 Å². The van der Waals surface area contributed by atoms with E-state index in [0.717, 1.165) is 10.4 Å². The molecule has 0 saturated heterocycles. The molecule has 2 N–H and O–H groups in total. The predicted molar refractivity (Wildman–Crippen MR) is 62.1 cm³/mol. The molecule has 0 aliphatic rings. The molecule has 0 bridgehead atoms. The van der Waals surface area contributed by atoms with Gasteiger partial charge in [-0.25, -0.2) is 0 Å². The van der Waals surface area contributed by atoms with Crippen LogP contribution in [0.4, 0.5) is 13.2 Å². The average molecular weight is 267 g/mol. The van der Waals surface area contributed by atoms with Gasteiger partial charge >= 0.3 is 6.18 Å². The zero-order chi connectivity index (χ0) is 12.9. The number of ether oxygens (including phenoxy) is 1. The lowest BCUT2D eigenvalue weighted by Gasteiger charge is -2.16. The molecular formula is C11H16F3NOS. The summed E-state index contributed by atoms with van der Waals surface area (Å²) in [5.74, 6) is 0. The third-order valence-corrected chi connectivity index (χ3v) is 3.44. The highest BCUT2D eigenvalue weighted by atomic mass is 32.1. The molecule has 1 unspecified atom stereocenters. The number of halogens is 3. The summed E-state index contributed by atoms with van der Waals surface area (Å²) in [6.45, 7) is 2.31. The summed E-state index contributed by atoms with van der Waals surface area (Å²) in [5.41, 5.74) is 6.63. The van der Waals surface area contributed by atoms with Crippen LogP contribution in [0.3, 0.4) is 0 Å². The van der Waals surface area contributed by atoms with E-state index in [1.165, 1.54) is 11.3 Å². The van der Waals surface area contributed by atoms with Gasteiger partial charge in [0, 0.05) is 24.4 Å². The van der Waals surface area contributed by atoms with Crippen LogP contribution in [0.1, 0.15) is 29.4 Å². The number of alkyl halides is 3. The fourth-order valence-corrected chi connectivity index (χ4v) is 2.45. The monoisotopic (exact) mass is 267 g/mol. The van der Waals surface area contributed by atoms with E-state index in [2.05, 4.69) is 0 Å². The summed E-state index contributed by atoms with van der Waals surface area (Å²) >= 11 is 1.52. The highest BCUT2D eigenvalue weighted by Gasteiger charge is 2.26. The molecule has 0 radical (unpaired) electrons. The van der Waals surface area contributed by atoms with Gasteiger partial charge in [0.15, 0.2) is 0 Å². The molecular weight excluding hydrogens is 251 g/mol. The van der Waals surface area contributed by atoms with E-state index < -0.39 is 12.6 Å². The Kier molecular flexibility index (Phi) is 5.42. The lowest BCUT2D eigenvalue weighted by atomic mass is 10.2. The normalized spacial score (nSPS) is 13.9. The quantitative estimate of drug-likeness (QED) is 0.802. The van der Waals surface area contributed by atoms with E-state index in [-0.39, 0.29) is 25.7 Å². The van der Waals surface area contributed by atoms with Gasteiger partial charge < -0.3 is 10.5 Å². The summed E-state index contributed by atoms with van der Waals surface area (Å²) < 4.78 is 41.2. The summed E-state index contributed by atoms with van der Waals surface area (Å²) in [6, 6.07) is 1.95. The van der Waals surface area contributed by atoms with Crippen LogP contribution in [0.15, 0.2) is 11.4 Å². The highest BCUT2D eigenvalue weighted by Crippen LogP contribution is 2.27. The van der Waals surface area contributed by atoms with Crippen LogP contribution in [0.2, 0.25) is 0 Å². The van der Waals surface area contributed by atoms with Gasteiger partial charge in [-0.1, -0.05) is 0 Å². The van der Waals surface area contributed by atoms with Gasteiger partial charge in [-0.3, -0.25) is 0 Å². The third-order valence-electron chi connectivity index (χ3n) is 2.33. The van der Waals surface area contributed by atoms with E-state index in [4.69, 9.17) is 10.5 Å². The van der Waals surface area contributed by atoms with Crippen LogP contribution in [0, 0.1) is 6.92 Å². The minimum Gasteiger partial charge on any atom is -0.371 e. The topological polar surface area (TPSA) is 35.2 Å². The molecule has 0 spiro atoms. The Hall–Kier alpha value is -0.590. The van der Waals surface area contributed by atoms with Gasteiger partial charge in [0.25, 0.3) is 0 Å². The van der Waals surface area contributed by atoms with E-state index in [9.17, 15) is 13.2 Å². The smallest absolute Gasteiger partial charge is 0.371 e. The molecule has 0 amide bonds. The molecule has 1 aromatic rings. The maximum atomic E-state index is 11.9. The molecule has 1 rings (SSSR count). The first-order chi connectivity index (χ1) is 7.94. The van der Waals surface area contributed by atoms with Crippen LogP contribution in [0.25, 0.3) is 0 Å². The van der Waals surface area contributed by atoms with Crippen molar-refractivity contribution in [2.75, 3.05) is 13.2 Å². The van der Waals surface area contributed by atoms with E-state index in [0.29, 0.717) is 0 Å². The largest absolute Gasteiger partial charge is 0.389 e. The predicted octanol–water partition coefficient (Wildman–Crippen LogP) is 3.42. The first kappa shape index (κ1) is 14.5. The van der Waals surface area contributed by atoms with Crippen molar-refractivity contribution in [3.8, 4) is 0 Å². The molecule has 17 heavy (non-hydrogen) atoms. The first-order valence-corrected chi connectivity index (χ1v) is 6.24. The summed E-state index contributed by atoms with van der Waals surface area (Å²) in [4.78, 5) is 1.000. The van der Waals surface area contributed by atoms with Gasteiger partial charge in [0.2, 0.25) is 0 Å². The maximum absolute atomic E-state index is 11.9. The van der Waals surface area contributed by atoms with Crippen LogP contribution in [-0.2, 0) is 4.74 Å². The average Bonchev–Trinajstić information content (AvgIpc) is 2.63. The molecule has 0 fully saturated rings. The molecule has 0 aliphatic heterocycles. The second-order valence-electron chi connectivity index (χ2n) is 3.78. The van der Waals surface area contributed by atoms with Crippen molar-refractivity contribution >= 4 is 11.3 Å². The Balaban J connectivity index is 2.37. The summed E-state index contributed by atoms with van der Waals surface area (Å²) in [7, 11) is 0. The number of aryl methyl sites for hydroxylation is 1. The molecule has 98 valence electrons. The number of nitrogens with two attached hydrogens (primary N) is 1. The van der Waals surface area contributed by atoms with E-state index in [1.54, 1.807) is 0 Å². The standard InChI is InChI=1S/C11H16F3NOS/c1-8-3-6-17-10(8)9(7-15)16-5-2-4-11(12,13)14/h3,6,9H,2,4-5,7,15H2,1H3. The fraction of sp³-hybridized carbons (Fsp3) is 0.636. The Morgan fingerprint density at radius 3 is 2.65 bits per heavy atom. The minimum absolute atomic E-state index is 0.0234. The summed E-state index contributed by atoms with van der Waals surface area (Å²) in [6.07, 6.45) is -5.23. The number of rotatable bonds is 6. The van der Waals surface area contributed by atoms with Crippen molar-refractivity contribution in [2.45, 2.75) is 32.0 Å². The molecule has 2 nitrogen and oxygen atoms in total. The zero-order valence-electron chi connectivity index (χ0n) is 9.59. The number of hydrogen-bond acceptors (Lipinski definition) is 3. The van der Waals surface area contributed by atoms with Crippen molar-refractivity contribution in [1.29, 1.82) is 0 Å². The summed E-state index contributed by atoms with van der Waals surface area (Å²) in [5, 5.41) is 1.92. The van der Waals surface area contributed by atoms with Crippen LogP contribution in [-0.4, -0.2) is 19.3 Å². The Morgan fingerprint density at radius 2 is 2.18 bits per heavy atom. The molecule has 0 aliphatic carbocycles. The fourth-order valence-electron chi connectivity index (χ4n) is 1.46. The van der Waals surface area contributed by atoms with Crippen molar-refractivity contribution in [2.24, 2.45) is 5.73 Å². The van der Waals surface area contributed by atoms with Crippen molar-refractivity contribution in [1.82, 2.24) is 0 Å². The Morgan fingerprint density at radius 1 is 1.47 bits per heavy atom. The van der Waals surface area contributed by atoms with Gasteiger partial charge in [0.1, 0.15) is 6.10 Å². The molecule has 0 aromatic carbocycles. The van der Waals surface area contributed by atoms with Crippen LogP contribution < -0.4 is 5.73 Å². The highest BCUT2D eigenvalue weighted by molar-refractivity contribution is 7.10. The zero-order valence-corrected chi connectivity index (χ0v) is 10.4. The van der Waals surface area contributed by atoms with Gasteiger partial charge in [-0.15, -0.1) is 11.3 Å². The van der Waals surface area contributed by atoms with Crippen molar-refractivity contribution < 1.29 is 17.9 Å². The number of hydrogen-bond donors (Lipinski definition) is 1. The Bertz CT molecular complexity index is 338. The SMILES string of the molecule is Cc1ccsc1C(CN)OCCCC(F)(F)F. The lowest BCUT2D eigenvalue weighted by molar-refractivity contribution is -0.138. The molecule has 1 heterocycles. The van der Waals surface area contributed by atoms with E-state index in [1.807, 2.05) is 18.4 Å². The Labute approximate surface area is 103 Å². The second kappa shape index (κ2) is 6.37. The first-order valence-electron chi connectivity index (χ1n) is 5.36. The molecule has 1 aromatic heterocycles. The minimum atomic E-state index is -4.11. The third kappa shape index (κ3) is 5.06. The van der Waals surface area contributed by atoms with E-state index >= 15 is 0 Å². The second-order valence-corrected chi connectivity index (χ2v) is 4.73. The van der Waals surface area contributed by atoms with Gasteiger partial charge in [0.05, 0.1) is 0 Å². The van der Waals surface area contributed by atoms with Crippen molar-refractivity contribution in [3.05, 3.63) is 21.9 Å². The van der Waals surface area contributed by atoms with Crippen LogP contribution >= 0.6 is 11.3 Å². The van der Waals surface area contributed by atoms with Crippen LogP contribution in [0.5, 0.6) is 0 Å². The molecule has 0 saturated carbocycles. The van der Waals surface area contributed by atoms with Gasteiger partial charge in [-0.2, -0.15) is 13.2 Å². The maximum Gasteiger partial charge on any atom is 0.389 e. The molecule has 6 heteroatoms. The lowest BCUT2D eigenvalue weighted by Crippen LogP contribution is -2.17. The van der Waals surface area contributed by atoms with Crippen molar-refractivity contribution in [3.63, 3.8) is 0 Å². The number of thiophene rings is 1. The molecule has 1 atom stereocenters.